The maximum Gasteiger partial charge on any atom is 0.341 e. The first-order chi connectivity index (χ1) is 12.8. The SMILES string of the molecule is CCOC(=O)c1c(C)nc(OCc2ccccc2)c(C#N)c1SC(C)(C)C. The minimum absolute atomic E-state index is 0.211. The summed E-state index contributed by atoms with van der Waals surface area (Å²) in [6, 6.07) is 11.8. The second kappa shape index (κ2) is 8.92. The summed E-state index contributed by atoms with van der Waals surface area (Å²) in [5.74, 6) is -0.237. The second-order valence-corrected chi connectivity index (χ2v) is 8.74. The number of nitrogens with zero attached hydrogens (tertiary/aromatic N) is 2. The van der Waals surface area contributed by atoms with Gasteiger partial charge in [0.2, 0.25) is 5.88 Å². The Bertz CT molecular complexity index is 852. The van der Waals surface area contributed by atoms with Crippen molar-refractivity contribution in [2.24, 2.45) is 0 Å². The number of aromatic nitrogens is 1. The van der Waals surface area contributed by atoms with Gasteiger partial charge in [-0.2, -0.15) is 5.26 Å². The van der Waals surface area contributed by atoms with Gasteiger partial charge < -0.3 is 9.47 Å². The van der Waals surface area contributed by atoms with Crippen LogP contribution in [0.3, 0.4) is 0 Å². The third-order valence-electron chi connectivity index (χ3n) is 3.52. The average molecular weight is 385 g/mol. The van der Waals surface area contributed by atoms with Gasteiger partial charge in [0.15, 0.2) is 0 Å². The lowest BCUT2D eigenvalue weighted by atomic mass is 10.1. The lowest BCUT2D eigenvalue weighted by Crippen LogP contribution is -2.16. The van der Waals surface area contributed by atoms with E-state index in [0.29, 0.717) is 22.8 Å². The minimum Gasteiger partial charge on any atom is -0.472 e. The summed E-state index contributed by atoms with van der Waals surface area (Å²) in [4.78, 5) is 17.5. The van der Waals surface area contributed by atoms with E-state index in [4.69, 9.17) is 9.47 Å². The Labute approximate surface area is 164 Å². The van der Waals surface area contributed by atoms with Crippen LogP contribution in [0.4, 0.5) is 0 Å². The predicted molar refractivity (Wildman–Crippen MR) is 106 cm³/mol. The summed E-state index contributed by atoms with van der Waals surface area (Å²) in [7, 11) is 0. The Morgan fingerprint density at radius 2 is 1.93 bits per heavy atom. The van der Waals surface area contributed by atoms with Crippen LogP contribution in [0.15, 0.2) is 35.2 Å². The molecule has 1 heterocycles. The quantitative estimate of drug-likeness (QED) is 0.520. The smallest absolute Gasteiger partial charge is 0.341 e. The molecule has 0 amide bonds. The molecule has 0 aliphatic rings. The number of carbonyl (C=O) groups excluding carboxylic acids is 1. The summed E-state index contributed by atoms with van der Waals surface area (Å²) in [6.45, 7) is 10.1. The molecule has 0 fully saturated rings. The first-order valence-corrected chi connectivity index (χ1v) is 9.56. The van der Waals surface area contributed by atoms with Crippen molar-refractivity contribution in [3.8, 4) is 11.9 Å². The average Bonchev–Trinajstić information content (AvgIpc) is 2.59. The molecule has 1 aromatic carbocycles. The molecule has 0 saturated heterocycles. The van der Waals surface area contributed by atoms with Crippen LogP contribution in [0.2, 0.25) is 0 Å². The van der Waals surface area contributed by atoms with E-state index in [1.807, 2.05) is 51.1 Å². The summed E-state index contributed by atoms with van der Waals surface area (Å²) in [5.41, 5.74) is 2.06. The maximum atomic E-state index is 12.5. The highest BCUT2D eigenvalue weighted by Crippen LogP contribution is 2.40. The van der Waals surface area contributed by atoms with Gasteiger partial charge in [-0.1, -0.05) is 51.1 Å². The van der Waals surface area contributed by atoms with Crippen LogP contribution in [0, 0.1) is 18.3 Å². The van der Waals surface area contributed by atoms with Crippen molar-refractivity contribution in [1.29, 1.82) is 5.26 Å². The molecule has 0 bridgehead atoms. The van der Waals surface area contributed by atoms with Crippen LogP contribution in [-0.4, -0.2) is 22.3 Å². The number of hydrogen-bond donors (Lipinski definition) is 0. The highest BCUT2D eigenvalue weighted by molar-refractivity contribution is 8.00. The standard InChI is InChI=1S/C21H24N2O3S/c1-6-25-20(24)17-14(2)23-19(26-13-15-10-8-7-9-11-15)16(12-22)18(17)27-21(3,4)5/h7-11H,6,13H2,1-5H3. The molecule has 0 unspecified atom stereocenters. The van der Waals surface area contributed by atoms with Gasteiger partial charge >= 0.3 is 5.97 Å². The van der Waals surface area contributed by atoms with E-state index >= 15 is 0 Å². The molecule has 2 rings (SSSR count). The zero-order valence-electron chi connectivity index (χ0n) is 16.3. The molecule has 0 saturated carbocycles. The van der Waals surface area contributed by atoms with Crippen LogP contribution in [0.5, 0.6) is 5.88 Å². The van der Waals surface area contributed by atoms with Crippen molar-refractivity contribution in [2.45, 2.75) is 50.9 Å². The number of benzene rings is 1. The number of carbonyl (C=O) groups is 1. The van der Waals surface area contributed by atoms with E-state index in [-0.39, 0.29) is 22.8 Å². The molecule has 0 aliphatic carbocycles. The van der Waals surface area contributed by atoms with Gasteiger partial charge in [0, 0.05) is 9.64 Å². The summed E-state index contributed by atoms with van der Waals surface area (Å²) < 4.78 is 10.8. The van der Waals surface area contributed by atoms with Gasteiger partial charge in [-0.3, -0.25) is 0 Å². The molecule has 0 N–H and O–H groups in total. The molecule has 0 atom stereocenters. The molecule has 2 aromatic rings. The Morgan fingerprint density at radius 3 is 2.48 bits per heavy atom. The maximum absolute atomic E-state index is 12.5. The van der Waals surface area contributed by atoms with Crippen LogP contribution in [0.25, 0.3) is 0 Å². The predicted octanol–water partition coefficient (Wildman–Crippen LogP) is 4.91. The highest BCUT2D eigenvalue weighted by Gasteiger charge is 2.28. The van der Waals surface area contributed by atoms with E-state index in [9.17, 15) is 10.1 Å². The van der Waals surface area contributed by atoms with E-state index < -0.39 is 5.97 Å². The monoisotopic (exact) mass is 384 g/mol. The van der Waals surface area contributed by atoms with E-state index in [0.717, 1.165) is 5.56 Å². The lowest BCUT2D eigenvalue weighted by molar-refractivity contribution is 0.0520. The fourth-order valence-electron chi connectivity index (χ4n) is 2.43. The largest absolute Gasteiger partial charge is 0.472 e. The first-order valence-electron chi connectivity index (χ1n) is 8.74. The van der Waals surface area contributed by atoms with Crippen LogP contribution in [0.1, 0.15) is 54.9 Å². The van der Waals surface area contributed by atoms with Crippen molar-refractivity contribution < 1.29 is 14.3 Å². The van der Waals surface area contributed by atoms with Crippen LogP contribution < -0.4 is 4.74 Å². The normalized spacial score (nSPS) is 11.0. The molecule has 5 nitrogen and oxygen atoms in total. The molecule has 6 heteroatoms. The van der Waals surface area contributed by atoms with E-state index in [1.165, 1.54) is 11.8 Å². The van der Waals surface area contributed by atoms with Gasteiger partial charge in [-0.25, -0.2) is 9.78 Å². The summed E-state index contributed by atoms with van der Waals surface area (Å²) in [6.07, 6.45) is 0. The third-order valence-corrected chi connectivity index (χ3v) is 4.74. The van der Waals surface area contributed by atoms with Gasteiger partial charge in [-0.05, 0) is 19.4 Å². The van der Waals surface area contributed by atoms with Crippen molar-refractivity contribution in [3.63, 3.8) is 0 Å². The molecular formula is C21H24N2O3S. The lowest BCUT2D eigenvalue weighted by Gasteiger charge is -2.22. The van der Waals surface area contributed by atoms with Gasteiger partial charge in [0.25, 0.3) is 0 Å². The molecule has 0 spiro atoms. The minimum atomic E-state index is -0.472. The molecule has 142 valence electrons. The zero-order valence-corrected chi connectivity index (χ0v) is 17.1. The fourth-order valence-corrected chi connectivity index (χ4v) is 3.61. The number of nitriles is 1. The molecule has 27 heavy (non-hydrogen) atoms. The highest BCUT2D eigenvalue weighted by atomic mass is 32.2. The summed E-state index contributed by atoms with van der Waals surface area (Å²) in [5, 5.41) is 9.78. The Balaban J connectivity index is 2.52. The number of esters is 1. The molecule has 0 radical (unpaired) electrons. The number of thioether (sulfide) groups is 1. The van der Waals surface area contributed by atoms with Crippen molar-refractivity contribution in [1.82, 2.24) is 4.98 Å². The topological polar surface area (TPSA) is 72.2 Å². The van der Waals surface area contributed by atoms with Gasteiger partial charge in [-0.15, -0.1) is 11.8 Å². The van der Waals surface area contributed by atoms with Gasteiger partial charge in [0.1, 0.15) is 18.2 Å². The number of rotatable bonds is 6. The number of hydrogen-bond acceptors (Lipinski definition) is 6. The van der Waals surface area contributed by atoms with Crippen LogP contribution >= 0.6 is 11.8 Å². The Hall–Kier alpha value is -2.52. The molecule has 1 aromatic heterocycles. The van der Waals surface area contributed by atoms with Gasteiger partial charge in [0.05, 0.1) is 17.9 Å². The first kappa shape index (κ1) is 20.8. The van der Waals surface area contributed by atoms with E-state index in [2.05, 4.69) is 11.1 Å². The van der Waals surface area contributed by atoms with E-state index in [1.54, 1.807) is 13.8 Å². The van der Waals surface area contributed by atoms with Crippen molar-refractivity contribution in [3.05, 3.63) is 52.7 Å². The second-order valence-electron chi connectivity index (χ2n) is 6.90. The number of aryl methyl sites for hydroxylation is 1. The Kier molecular flexibility index (Phi) is 6.86. The van der Waals surface area contributed by atoms with Crippen molar-refractivity contribution in [2.75, 3.05) is 6.61 Å². The number of ether oxygens (including phenoxy) is 2. The van der Waals surface area contributed by atoms with Crippen LogP contribution in [-0.2, 0) is 11.3 Å². The fraction of sp³-hybridized carbons (Fsp3) is 0.381. The molecular weight excluding hydrogens is 360 g/mol. The Morgan fingerprint density at radius 1 is 1.26 bits per heavy atom. The molecule has 0 aliphatic heterocycles. The summed E-state index contributed by atoms with van der Waals surface area (Å²) >= 11 is 1.44. The van der Waals surface area contributed by atoms with Crippen molar-refractivity contribution >= 4 is 17.7 Å². The number of pyridine rings is 1. The zero-order chi connectivity index (χ0) is 20.0. The third kappa shape index (κ3) is 5.48.